The van der Waals surface area contributed by atoms with Crippen molar-refractivity contribution in [1.82, 2.24) is 9.55 Å². The molecule has 0 saturated heterocycles. The molecule has 3 aromatic rings. The molecule has 2 N–H and O–H groups in total. The lowest BCUT2D eigenvalue weighted by Gasteiger charge is -2.11. The molecule has 3 nitrogen and oxygen atoms in total. The first-order valence-electron chi connectivity index (χ1n) is 5.87. The van der Waals surface area contributed by atoms with Crippen LogP contribution in [-0.2, 0) is 0 Å². The van der Waals surface area contributed by atoms with E-state index in [1.807, 2.05) is 41.8 Å². The molecular weight excluding hydrogens is 452 g/mol. The predicted octanol–water partition coefficient (Wildman–Crippen LogP) is 4.94. The lowest BCUT2D eigenvalue weighted by Crippen LogP contribution is -2.02. The highest BCUT2D eigenvalue weighted by Gasteiger charge is 2.14. The molecule has 0 aliphatic rings. The molecule has 0 saturated carbocycles. The Morgan fingerprint density at radius 2 is 2.05 bits per heavy atom. The van der Waals surface area contributed by atoms with Gasteiger partial charge in [0.15, 0.2) is 0 Å². The summed E-state index contributed by atoms with van der Waals surface area (Å²) < 4.78 is 3.96. The number of nitrogens with zero attached hydrogens (tertiary/aromatic N) is 2. The maximum Gasteiger partial charge on any atom is 0.205 e. The zero-order valence-corrected chi connectivity index (χ0v) is 15.0. The monoisotopic (exact) mass is 461 g/mol. The molecule has 1 aromatic heterocycles. The third kappa shape index (κ3) is 2.31. The summed E-state index contributed by atoms with van der Waals surface area (Å²) in [5.74, 6) is 0.447. The number of anilines is 1. The molecule has 2 aromatic carbocycles. The first-order chi connectivity index (χ1) is 9.47. The van der Waals surface area contributed by atoms with Gasteiger partial charge in [0.1, 0.15) is 0 Å². The summed E-state index contributed by atoms with van der Waals surface area (Å²) in [4.78, 5) is 4.42. The molecule has 0 bridgehead atoms. The highest BCUT2D eigenvalue weighted by atomic mass is 127. The van der Waals surface area contributed by atoms with Gasteiger partial charge in [0.2, 0.25) is 5.95 Å². The molecule has 0 atom stereocenters. The van der Waals surface area contributed by atoms with E-state index in [1.165, 1.54) is 0 Å². The molecule has 0 fully saturated rings. The van der Waals surface area contributed by atoms with Crippen LogP contribution >= 0.6 is 50.1 Å². The Hall–Kier alpha value is -0.790. The fourth-order valence-electron chi connectivity index (χ4n) is 2.13. The van der Waals surface area contributed by atoms with Crippen LogP contribution in [0.1, 0.15) is 5.56 Å². The Kier molecular flexibility index (Phi) is 3.68. The normalized spacial score (nSPS) is 11.2. The molecule has 6 heteroatoms. The Bertz CT molecular complexity index is 829. The van der Waals surface area contributed by atoms with E-state index in [0.29, 0.717) is 11.0 Å². The van der Waals surface area contributed by atoms with Crippen molar-refractivity contribution in [3.63, 3.8) is 0 Å². The minimum absolute atomic E-state index is 0.447. The van der Waals surface area contributed by atoms with Crippen LogP contribution in [0.3, 0.4) is 0 Å². The molecule has 20 heavy (non-hydrogen) atoms. The number of aryl methyl sites for hydroxylation is 1. The Labute approximate surface area is 143 Å². The van der Waals surface area contributed by atoms with Crippen LogP contribution in [-0.4, -0.2) is 9.55 Å². The van der Waals surface area contributed by atoms with E-state index in [1.54, 1.807) is 0 Å². The van der Waals surface area contributed by atoms with E-state index in [4.69, 9.17) is 17.3 Å². The average Bonchev–Trinajstić information content (AvgIpc) is 2.69. The summed E-state index contributed by atoms with van der Waals surface area (Å²) in [6.07, 6.45) is 0. The maximum atomic E-state index is 6.23. The molecule has 1 heterocycles. The topological polar surface area (TPSA) is 43.8 Å². The number of hydrogen-bond acceptors (Lipinski definition) is 2. The molecular formula is C14H10BrClIN3. The van der Waals surface area contributed by atoms with Crippen molar-refractivity contribution in [2.75, 3.05) is 5.73 Å². The summed E-state index contributed by atoms with van der Waals surface area (Å²) in [6, 6.07) is 9.93. The lowest BCUT2D eigenvalue weighted by molar-refractivity contribution is 1.10. The van der Waals surface area contributed by atoms with Crippen molar-refractivity contribution >= 4 is 67.1 Å². The van der Waals surface area contributed by atoms with Crippen molar-refractivity contribution in [2.24, 2.45) is 0 Å². The van der Waals surface area contributed by atoms with Gasteiger partial charge in [-0.2, -0.15) is 0 Å². The molecule has 0 aliphatic carbocycles. The molecule has 0 spiro atoms. The van der Waals surface area contributed by atoms with Gasteiger partial charge in [0.25, 0.3) is 0 Å². The smallest absolute Gasteiger partial charge is 0.205 e. The average molecular weight is 463 g/mol. The number of rotatable bonds is 1. The number of nitrogen functional groups attached to an aromatic ring is 1. The van der Waals surface area contributed by atoms with Crippen LogP contribution in [0.25, 0.3) is 16.7 Å². The number of imidazole rings is 1. The summed E-state index contributed by atoms with van der Waals surface area (Å²) >= 11 is 12.1. The van der Waals surface area contributed by atoms with Crippen LogP contribution in [0.4, 0.5) is 5.95 Å². The number of halogens is 3. The maximum absolute atomic E-state index is 6.23. The lowest BCUT2D eigenvalue weighted by atomic mass is 10.2. The van der Waals surface area contributed by atoms with Gasteiger partial charge in [-0.25, -0.2) is 4.98 Å². The first-order valence-corrected chi connectivity index (χ1v) is 8.12. The quantitative estimate of drug-likeness (QED) is 0.521. The fraction of sp³-hybridized carbons (Fsp3) is 0.0714. The molecule has 3 rings (SSSR count). The van der Waals surface area contributed by atoms with Crippen molar-refractivity contribution in [2.45, 2.75) is 6.92 Å². The van der Waals surface area contributed by atoms with Gasteiger partial charge >= 0.3 is 0 Å². The van der Waals surface area contributed by atoms with E-state index in [2.05, 4.69) is 43.5 Å². The van der Waals surface area contributed by atoms with Gasteiger partial charge in [0, 0.05) is 13.1 Å². The van der Waals surface area contributed by atoms with Crippen LogP contribution in [0.15, 0.2) is 34.8 Å². The summed E-state index contributed by atoms with van der Waals surface area (Å²) in [7, 11) is 0. The first kappa shape index (κ1) is 14.2. The zero-order chi connectivity index (χ0) is 14.4. The second kappa shape index (κ2) is 5.20. The Balaban J connectivity index is 2.35. The standard InChI is InChI=1S/C14H10BrClIN3/c1-7-4-9(15)13(6-10(7)16)20-12-3-2-8(17)5-11(12)19-14(20)18/h2-6H,1H3,(H2,18,19). The summed E-state index contributed by atoms with van der Waals surface area (Å²) in [6.45, 7) is 1.97. The van der Waals surface area contributed by atoms with Crippen LogP contribution in [0, 0.1) is 10.5 Å². The molecule has 0 aliphatic heterocycles. The molecule has 0 unspecified atom stereocenters. The highest BCUT2D eigenvalue weighted by Crippen LogP contribution is 2.32. The van der Waals surface area contributed by atoms with Crippen molar-refractivity contribution in [1.29, 1.82) is 0 Å². The molecule has 102 valence electrons. The van der Waals surface area contributed by atoms with Crippen LogP contribution in [0.5, 0.6) is 0 Å². The van der Waals surface area contributed by atoms with Crippen LogP contribution in [0.2, 0.25) is 5.02 Å². The third-order valence-electron chi connectivity index (χ3n) is 3.11. The molecule has 0 amide bonds. The summed E-state index contributed by atoms with van der Waals surface area (Å²) in [5.41, 5.74) is 9.82. The second-order valence-electron chi connectivity index (χ2n) is 4.49. The van der Waals surface area contributed by atoms with Gasteiger partial charge in [-0.3, -0.25) is 4.57 Å². The number of hydrogen-bond donors (Lipinski definition) is 1. The predicted molar refractivity (Wildman–Crippen MR) is 95.6 cm³/mol. The van der Waals surface area contributed by atoms with Gasteiger partial charge in [0.05, 0.1) is 16.7 Å². The van der Waals surface area contributed by atoms with Gasteiger partial charge in [-0.1, -0.05) is 11.6 Å². The van der Waals surface area contributed by atoms with Gasteiger partial charge in [-0.15, -0.1) is 0 Å². The number of nitrogens with two attached hydrogens (primary N) is 1. The minimum atomic E-state index is 0.447. The van der Waals surface area contributed by atoms with E-state index in [-0.39, 0.29) is 0 Å². The van der Waals surface area contributed by atoms with Crippen molar-refractivity contribution in [3.05, 3.63) is 49.0 Å². The van der Waals surface area contributed by atoms with E-state index < -0.39 is 0 Å². The third-order valence-corrected chi connectivity index (χ3v) is 4.82. The van der Waals surface area contributed by atoms with E-state index >= 15 is 0 Å². The second-order valence-corrected chi connectivity index (χ2v) is 7.00. The Morgan fingerprint density at radius 3 is 2.80 bits per heavy atom. The SMILES string of the molecule is Cc1cc(Br)c(-n2c(N)nc3cc(I)ccc32)cc1Cl. The number of fused-ring (bicyclic) bond motifs is 1. The number of benzene rings is 2. The minimum Gasteiger partial charge on any atom is -0.369 e. The largest absolute Gasteiger partial charge is 0.369 e. The fourth-order valence-corrected chi connectivity index (χ4v) is 3.40. The molecule has 0 radical (unpaired) electrons. The van der Waals surface area contributed by atoms with Gasteiger partial charge < -0.3 is 5.73 Å². The van der Waals surface area contributed by atoms with Crippen molar-refractivity contribution in [3.8, 4) is 5.69 Å². The summed E-state index contributed by atoms with van der Waals surface area (Å²) in [5, 5.41) is 0.704. The highest BCUT2D eigenvalue weighted by molar-refractivity contribution is 14.1. The Morgan fingerprint density at radius 1 is 1.30 bits per heavy atom. The van der Waals surface area contributed by atoms with E-state index in [9.17, 15) is 0 Å². The van der Waals surface area contributed by atoms with Crippen molar-refractivity contribution < 1.29 is 0 Å². The van der Waals surface area contributed by atoms with Gasteiger partial charge in [-0.05, 0) is 81.3 Å². The zero-order valence-electron chi connectivity index (χ0n) is 10.5. The number of aromatic nitrogens is 2. The van der Waals surface area contributed by atoms with E-state index in [0.717, 1.165) is 30.3 Å². The van der Waals surface area contributed by atoms with Crippen LogP contribution < -0.4 is 5.73 Å².